The first-order chi connectivity index (χ1) is 11.1. The van der Waals surface area contributed by atoms with Crippen molar-refractivity contribution in [2.24, 2.45) is 0 Å². The van der Waals surface area contributed by atoms with Crippen LogP contribution in [0.5, 0.6) is 0 Å². The Labute approximate surface area is 142 Å². The standard InChI is InChI=1S/C16H27N5OS/c1-3-5-7-18-9-13-14(22)17-16(23)21-12-19(8-6-4-2)11-20(10-18)15(13)21/h3-12H2,1-2H3,(H,17,22,23). The molecule has 2 aliphatic rings. The molecule has 3 heterocycles. The van der Waals surface area contributed by atoms with Gasteiger partial charge in [-0.25, -0.2) is 0 Å². The second-order valence-corrected chi connectivity index (χ2v) is 6.99. The van der Waals surface area contributed by atoms with E-state index in [0.29, 0.717) is 4.77 Å². The van der Waals surface area contributed by atoms with E-state index in [0.717, 1.165) is 51.0 Å². The minimum absolute atomic E-state index is 0.0190. The fraction of sp³-hybridized carbons (Fsp3) is 0.750. The predicted octanol–water partition coefficient (Wildman–Crippen LogP) is 2.32. The number of H-pyrrole nitrogens is 1. The van der Waals surface area contributed by atoms with Gasteiger partial charge >= 0.3 is 0 Å². The number of aromatic nitrogens is 2. The zero-order valence-corrected chi connectivity index (χ0v) is 15.0. The minimum Gasteiger partial charge on any atom is -0.331 e. The van der Waals surface area contributed by atoms with Crippen LogP contribution in [0.25, 0.3) is 0 Å². The third-order valence-corrected chi connectivity index (χ3v) is 5.01. The highest BCUT2D eigenvalue weighted by atomic mass is 32.1. The van der Waals surface area contributed by atoms with Gasteiger partial charge in [-0.2, -0.15) is 0 Å². The molecule has 0 atom stereocenters. The van der Waals surface area contributed by atoms with Crippen LogP contribution in [0, 0.1) is 4.77 Å². The Bertz CT molecular complexity index is 615. The topological polar surface area (TPSA) is 47.5 Å². The van der Waals surface area contributed by atoms with Gasteiger partial charge in [0.25, 0.3) is 5.56 Å². The van der Waals surface area contributed by atoms with Crippen LogP contribution in [-0.4, -0.2) is 45.8 Å². The van der Waals surface area contributed by atoms with Crippen molar-refractivity contribution in [1.82, 2.24) is 19.4 Å². The van der Waals surface area contributed by atoms with E-state index >= 15 is 0 Å². The van der Waals surface area contributed by atoms with Gasteiger partial charge in [0, 0.05) is 19.6 Å². The molecule has 7 heteroatoms. The van der Waals surface area contributed by atoms with Gasteiger partial charge in [-0.1, -0.05) is 26.7 Å². The Balaban J connectivity index is 1.94. The van der Waals surface area contributed by atoms with E-state index in [1.165, 1.54) is 25.7 Å². The molecule has 0 saturated carbocycles. The van der Waals surface area contributed by atoms with Gasteiger partial charge in [0.05, 0.1) is 25.6 Å². The SMILES string of the molecule is CCCCN1Cc2c3n(c(=S)[nH]c2=O)CN(CCCC)CN3C1. The molecule has 2 aliphatic heterocycles. The van der Waals surface area contributed by atoms with Crippen LogP contribution in [0.15, 0.2) is 4.79 Å². The number of anilines is 1. The average molecular weight is 337 g/mol. The van der Waals surface area contributed by atoms with Crippen LogP contribution in [0.3, 0.4) is 0 Å². The van der Waals surface area contributed by atoms with Crippen molar-refractivity contribution in [2.45, 2.75) is 52.7 Å². The van der Waals surface area contributed by atoms with Gasteiger partial charge in [0.15, 0.2) is 4.77 Å². The molecule has 0 amide bonds. The van der Waals surface area contributed by atoms with Crippen molar-refractivity contribution < 1.29 is 0 Å². The number of nitrogens with one attached hydrogen (secondary N) is 1. The van der Waals surface area contributed by atoms with E-state index in [-0.39, 0.29) is 5.56 Å². The summed E-state index contributed by atoms with van der Waals surface area (Å²) in [6, 6.07) is 0. The number of hydrogen-bond acceptors (Lipinski definition) is 5. The van der Waals surface area contributed by atoms with E-state index in [2.05, 4.69) is 38.1 Å². The predicted molar refractivity (Wildman–Crippen MR) is 95.0 cm³/mol. The summed E-state index contributed by atoms with van der Waals surface area (Å²) in [6.45, 7) is 9.80. The van der Waals surface area contributed by atoms with E-state index < -0.39 is 0 Å². The molecule has 0 fully saturated rings. The van der Waals surface area contributed by atoms with E-state index in [1.54, 1.807) is 0 Å². The largest absolute Gasteiger partial charge is 0.331 e. The van der Waals surface area contributed by atoms with Gasteiger partial charge in [0.1, 0.15) is 5.82 Å². The molecule has 1 aromatic heterocycles. The molecule has 1 N–H and O–H groups in total. The molecule has 0 saturated heterocycles. The molecule has 128 valence electrons. The molecule has 0 spiro atoms. The summed E-state index contributed by atoms with van der Waals surface area (Å²) < 4.78 is 2.64. The second kappa shape index (κ2) is 7.15. The molecule has 3 rings (SSSR count). The lowest BCUT2D eigenvalue weighted by Gasteiger charge is -2.45. The number of aromatic amines is 1. The maximum atomic E-state index is 12.4. The molecule has 0 aliphatic carbocycles. The third kappa shape index (κ3) is 3.36. The van der Waals surface area contributed by atoms with Crippen molar-refractivity contribution in [3.05, 3.63) is 20.7 Å². The molecular weight excluding hydrogens is 310 g/mol. The molecule has 6 nitrogen and oxygen atoms in total. The highest BCUT2D eigenvalue weighted by Gasteiger charge is 2.32. The number of unbranched alkanes of at least 4 members (excludes halogenated alkanes) is 2. The number of rotatable bonds is 6. The van der Waals surface area contributed by atoms with E-state index in [1.807, 2.05) is 0 Å². The molecule has 0 bridgehead atoms. The Morgan fingerprint density at radius 3 is 2.39 bits per heavy atom. The molecule has 0 unspecified atom stereocenters. The van der Waals surface area contributed by atoms with Crippen molar-refractivity contribution in [3.8, 4) is 0 Å². The maximum absolute atomic E-state index is 12.4. The molecule has 1 aromatic rings. The first kappa shape index (κ1) is 16.7. The van der Waals surface area contributed by atoms with Gasteiger partial charge in [0.2, 0.25) is 0 Å². The zero-order chi connectivity index (χ0) is 16.4. The monoisotopic (exact) mass is 337 g/mol. The normalized spacial score (nSPS) is 18.3. The van der Waals surface area contributed by atoms with Crippen molar-refractivity contribution in [2.75, 3.05) is 31.3 Å². The lowest BCUT2D eigenvalue weighted by Crippen LogP contribution is -2.54. The van der Waals surface area contributed by atoms with Gasteiger partial charge in [-0.3, -0.25) is 24.1 Å². The van der Waals surface area contributed by atoms with Crippen LogP contribution in [-0.2, 0) is 13.2 Å². The van der Waals surface area contributed by atoms with Gasteiger partial charge in [-0.15, -0.1) is 0 Å². The maximum Gasteiger partial charge on any atom is 0.258 e. The second-order valence-electron chi connectivity index (χ2n) is 6.61. The Morgan fingerprint density at radius 1 is 1.04 bits per heavy atom. The quantitative estimate of drug-likeness (QED) is 0.807. The van der Waals surface area contributed by atoms with Gasteiger partial charge < -0.3 is 4.90 Å². The van der Waals surface area contributed by atoms with Crippen LogP contribution in [0.1, 0.15) is 45.1 Å². The molecule has 23 heavy (non-hydrogen) atoms. The fourth-order valence-corrected chi connectivity index (χ4v) is 3.71. The minimum atomic E-state index is -0.0190. The Hall–Kier alpha value is -1.18. The first-order valence-electron chi connectivity index (χ1n) is 8.69. The summed E-state index contributed by atoms with van der Waals surface area (Å²) in [7, 11) is 0. The summed E-state index contributed by atoms with van der Waals surface area (Å²) in [5.41, 5.74) is 0.852. The van der Waals surface area contributed by atoms with Crippen molar-refractivity contribution in [1.29, 1.82) is 0 Å². The first-order valence-corrected chi connectivity index (χ1v) is 9.10. The smallest absolute Gasteiger partial charge is 0.258 e. The summed E-state index contributed by atoms with van der Waals surface area (Å²) in [4.78, 5) is 22.4. The van der Waals surface area contributed by atoms with E-state index in [9.17, 15) is 4.79 Å². The zero-order valence-electron chi connectivity index (χ0n) is 14.2. The van der Waals surface area contributed by atoms with Crippen LogP contribution in [0.4, 0.5) is 5.82 Å². The van der Waals surface area contributed by atoms with Crippen LogP contribution in [0.2, 0.25) is 0 Å². The molecular formula is C16H27N5OS. The van der Waals surface area contributed by atoms with Crippen LogP contribution < -0.4 is 10.5 Å². The average Bonchev–Trinajstić information content (AvgIpc) is 2.55. The number of hydrogen-bond donors (Lipinski definition) is 1. The van der Waals surface area contributed by atoms with Crippen molar-refractivity contribution in [3.63, 3.8) is 0 Å². The Morgan fingerprint density at radius 2 is 1.70 bits per heavy atom. The van der Waals surface area contributed by atoms with Crippen molar-refractivity contribution >= 4 is 18.0 Å². The van der Waals surface area contributed by atoms with Crippen LogP contribution >= 0.6 is 12.2 Å². The van der Waals surface area contributed by atoms with Gasteiger partial charge in [-0.05, 0) is 25.1 Å². The Kier molecular flexibility index (Phi) is 5.18. The third-order valence-electron chi connectivity index (χ3n) is 4.69. The summed E-state index contributed by atoms with van der Waals surface area (Å²) >= 11 is 5.42. The summed E-state index contributed by atoms with van der Waals surface area (Å²) in [5, 5.41) is 0. The lowest BCUT2D eigenvalue weighted by atomic mass is 10.2. The van der Waals surface area contributed by atoms with E-state index in [4.69, 9.17) is 12.2 Å². The molecule has 0 radical (unpaired) electrons. The number of nitrogens with zero attached hydrogens (tertiary/aromatic N) is 4. The molecule has 0 aromatic carbocycles. The summed E-state index contributed by atoms with van der Waals surface area (Å²) in [5.74, 6) is 1.04. The fourth-order valence-electron chi connectivity index (χ4n) is 3.47. The summed E-state index contributed by atoms with van der Waals surface area (Å²) in [6.07, 6.45) is 4.72. The lowest BCUT2D eigenvalue weighted by molar-refractivity contribution is 0.153. The highest BCUT2D eigenvalue weighted by molar-refractivity contribution is 7.71. The highest BCUT2D eigenvalue weighted by Crippen LogP contribution is 2.28.